The van der Waals surface area contributed by atoms with Crippen molar-refractivity contribution in [3.63, 3.8) is 0 Å². The normalized spacial score (nSPS) is 18.0. The first-order valence-electron chi connectivity index (χ1n) is 6.63. The lowest BCUT2D eigenvalue weighted by Crippen LogP contribution is -2.27. The van der Waals surface area contributed by atoms with Crippen molar-refractivity contribution in [2.45, 2.75) is 6.10 Å². The van der Waals surface area contributed by atoms with Crippen LogP contribution in [-0.2, 0) is 4.74 Å². The highest BCUT2D eigenvalue weighted by atomic mass is 31.1. The van der Waals surface area contributed by atoms with Gasteiger partial charge in [0.2, 0.25) is 0 Å². The minimum absolute atomic E-state index is 0.102. The van der Waals surface area contributed by atoms with Crippen LogP contribution in [0.1, 0.15) is 0 Å². The van der Waals surface area contributed by atoms with Crippen LogP contribution in [0.2, 0.25) is 0 Å². The fourth-order valence-corrected chi connectivity index (χ4v) is 2.62. The molecule has 0 radical (unpaired) electrons. The van der Waals surface area contributed by atoms with Gasteiger partial charge in [-0.05, 0) is 18.2 Å². The first kappa shape index (κ1) is 16.6. The van der Waals surface area contributed by atoms with Gasteiger partial charge in [0.25, 0.3) is 0 Å². The molecular weight excluding hydrogens is 312 g/mol. The lowest BCUT2D eigenvalue weighted by molar-refractivity contribution is 0.151. The van der Waals surface area contributed by atoms with E-state index in [4.69, 9.17) is 20.1 Å². The number of nitrogens with one attached hydrogen (secondary N) is 1. The average molecular weight is 329 g/mol. The van der Waals surface area contributed by atoms with E-state index in [1.807, 2.05) is 0 Å². The molecule has 22 heavy (non-hydrogen) atoms. The Labute approximate surface area is 128 Å². The molecule has 0 saturated carbocycles. The van der Waals surface area contributed by atoms with E-state index >= 15 is 0 Å². The van der Waals surface area contributed by atoms with Gasteiger partial charge < -0.3 is 19.6 Å². The molecule has 1 aliphatic heterocycles. The summed E-state index contributed by atoms with van der Waals surface area (Å²) in [6.45, 7) is 0.153. The highest BCUT2D eigenvalue weighted by Gasteiger charge is 2.32. The van der Waals surface area contributed by atoms with Crippen LogP contribution in [0.25, 0.3) is 0 Å². The summed E-state index contributed by atoms with van der Waals surface area (Å²) in [6, 6.07) is 4.19. The quantitative estimate of drug-likeness (QED) is 0.396. The number of hydrogen-bond acceptors (Lipinski definition) is 5. The van der Waals surface area contributed by atoms with Gasteiger partial charge in [-0.15, -0.1) is 0 Å². The van der Waals surface area contributed by atoms with E-state index in [2.05, 4.69) is 0 Å². The van der Waals surface area contributed by atoms with Gasteiger partial charge in [-0.2, -0.15) is 0 Å². The molecule has 120 valence electrons. The molecule has 0 bridgehead atoms. The number of carbonyl (C=O) groups is 1. The van der Waals surface area contributed by atoms with Crippen molar-refractivity contribution in [3.8, 4) is 0 Å². The minimum atomic E-state index is -0.602. The number of hydrogen-bond donors (Lipinski definition) is 3. The number of rotatable bonds is 7. The molecule has 0 spiro atoms. The number of carbonyl (C=O) groups excluding carboxylic acids is 1. The van der Waals surface area contributed by atoms with Gasteiger partial charge in [-0.1, -0.05) is 0 Å². The summed E-state index contributed by atoms with van der Waals surface area (Å²) in [5.74, 6) is -0.602. The van der Waals surface area contributed by atoms with Gasteiger partial charge in [-0.25, -0.2) is 9.18 Å². The van der Waals surface area contributed by atoms with Gasteiger partial charge >= 0.3 is 6.09 Å². The van der Waals surface area contributed by atoms with Crippen LogP contribution in [0, 0.1) is 11.2 Å². The Hall–Kier alpha value is -1.76. The summed E-state index contributed by atoms with van der Waals surface area (Å²) in [4.78, 5) is 23.2. The van der Waals surface area contributed by atoms with E-state index in [0.717, 1.165) is 6.34 Å². The van der Waals surface area contributed by atoms with E-state index in [1.165, 1.54) is 21.9 Å². The molecule has 0 aromatic heterocycles. The number of anilines is 2. The summed E-state index contributed by atoms with van der Waals surface area (Å²) in [6.07, 6.45) is 0.318. The summed E-state index contributed by atoms with van der Waals surface area (Å²) in [5, 5.41) is 16.1. The highest BCUT2D eigenvalue weighted by molar-refractivity contribution is 7.31. The number of aliphatic hydroxyl groups is 1. The predicted octanol–water partition coefficient (Wildman–Crippen LogP) is 1.14. The molecule has 7 nitrogen and oxygen atoms in total. The van der Waals surface area contributed by atoms with E-state index < -0.39 is 18.0 Å². The first-order valence-corrected chi connectivity index (χ1v) is 7.79. The van der Waals surface area contributed by atoms with Gasteiger partial charge in [0.1, 0.15) is 11.9 Å². The zero-order valence-corrected chi connectivity index (χ0v) is 12.7. The SMILES string of the molecule is N=CN(CCO)c1ccc(N2CC(CPO)OC2=O)cc1F. The van der Waals surface area contributed by atoms with Crippen LogP contribution < -0.4 is 9.80 Å². The lowest BCUT2D eigenvalue weighted by atomic mass is 10.2. The molecule has 1 saturated heterocycles. The summed E-state index contributed by atoms with van der Waals surface area (Å²) >= 11 is 0. The summed E-state index contributed by atoms with van der Waals surface area (Å²) < 4.78 is 19.3. The van der Waals surface area contributed by atoms with Crippen LogP contribution in [0.4, 0.5) is 20.6 Å². The van der Waals surface area contributed by atoms with Crippen LogP contribution in [0.15, 0.2) is 18.2 Å². The standard InChI is InChI=1S/C13H17FN3O4P/c14-11-5-9(1-2-12(11)16(8-15)3-4-18)17-6-10(7-22-20)21-13(17)19/h1-2,5,8,10,15,18,20,22H,3-4,6-7H2. The number of benzene rings is 1. The Morgan fingerprint density at radius 1 is 1.59 bits per heavy atom. The maximum Gasteiger partial charge on any atom is 0.414 e. The Bertz CT molecular complexity index is 560. The predicted molar refractivity (Wildman–Crippen MR) is 82.6 cm³/mol. The van der Waals surface area contributed by atoms with E-state index in [0.29, 0.717) is 11.8 Å². The van der Waals surface area contributed by atoms with E-state index in [1.54, 1.807) is 6.07 Å². The molecule has 2 rings (SSSR count). The molecular formula is C13H17FN3O4P. The van der Waals surface area contributed by atoms with Gasteiger partial charge in [0.05, 0.1) is 30.9 Å². The zero-order valence-electron chi connectivity index (χ0n) is 11.7. The van der Waals surface area contributed by atoms with Crippen molar-refractivity contribution in [1.29, 1.82) is 5.41 Å². The summed E-state index contributed by atoms with van der Waals surface area (Å²) in [5.41, 5.74) is 0.498. The molecule has 0 aliphatic carbocycles. The molecule has 1 heterocycles. The monoisotopic (exact) mass is 329 g/mol. The molecule has 2 atom stereocenters. The average Bonchev–Trinajstić information content (AvgIpc) is 2.86. The maximum atomic E-state index is 14.2. The maximum absolute atomic E-state index is 14.2. The Morgan fingerprint density at radius 3 is 2.95 bits per heavy atom. The molecule has 1 fully saturated rings. The number of cyclic esters (lactones) is 1. The van der Waals surface area contributed by atoms with Crippen molar-refractivity contribution in [3.05, 3.63) is 24.0 Å². The van der Waals surface area contributed by atoms with E-state index in [9.17, 15) is 9.18 Å². The van der Waals surface area contributed by atoms with Crippen LogP contribution in [-0.4, -0.2) is 54.4 Å². The minimum Gasteiger partial charge on any atom is -0.443 e. The third-order valence-corrected chi connectivity index (χ3v) is 3.88. The molecule has 3 N–H and O–H groups in total. The number of aliphatic hydroxyl groups excluding tert-OH is 1. The smallest absolute Gasteiger partial charge is 0.414 e. The van der Waals surface area contributed by atoms with Gasteiger partial charge in [0.15, 0.2) is 0 Å². The number of nitrogens with zero attached hydrogens (tertiary/aromatic N) is 2. The van der Waals surface area contributed by atoms with E-state index in [-0.39, 0.29) is 34.2 Å². The molecule has 1 amide bonds. The molecule has 2 unspecified atom stereocenters. The third-order valence-electron chi connectivity index (χ3n) is 3.24. The molecule has 1 aromatic rings. The molecule has 1 aliphatic rings. The van der Waals surface area contributed by atoms with Gasteiger partial charge in [-0.3, -0.25) is 10.3 Å². The number of amides is 1. The van der Waals surface area contributed by atoms with Crippen molar-refractivity contribution in [2.75, 3.05) is 35.7 Å². The largest absolute Gasteiger partial charge is 0.443 e. The second kappa shape index (κ2) is 7.49. The number of ether oxygens (including phenoxy) is 1. The number of halogens is 1. The first-order chi connectivity index (χ1) is 10.6. The van der Waals surface area contributed by atoms with Crippen molar-refractivity contribution < 1.29 is 23.9 Å². The van der Waals surface area contributed by atoms with Crippen LogP contribution in [0.5, 0.6) is 0 Å². The van der Waals surface area contributed by atoms with Gasteiger partial charge in [0, 0.05) is 21.5 Å². The Morgan fingerprint density at radius 2 is 2.36 bits per heavy atom. The summed E-state index contributed by atoms with van der Waals surface area (Å²) in [7, 11) is -0.313. The topological polar surface area (TPSA) is 97.1 Å². The second-order valence-electron chi connectivity index (χ2n) is 4.66. The zero-order chi connectivity index (χ0) is 16.1. The van der Waals surface area contributed by atoms with Crippen molar-refractivity contribution >= 4 is 32.6 Å². The Kier molecular flexibility index (Phi) is 5.65. The second-order valence-corrected chi connectivity index (χ2v) is 5.38. The van der Waals surface area contributed by atoms with Crippen LogP contribution >= 0.6 is 8.81 Å². The van der Waals surface area contributed by atoms with Crippen molar-refractivity contribution in [2.24, 2.45) is 0 Å². The molecule has 9 heteroatoms. The molecule has 1 aromatic carbocycles. The lowest BCUT2D eigenvalue weighted by Gasteiger charge is -2.20. The Balaban J connectivity index is 2.19. The van der Waals surface area contributed by atoms with Crippen LogP contribution in [0.3, 0.4) is 0 Å². The van der Waals surface area contributed by atoms with Crippen molar-refractivity contribution in [1.82, 2.24) is 0 Å². The highest BCUT2D eigenvalue weighted by Crippen LogP contribution is 2.28. The fourth-order valence-electron chi connectivity index (χ4n) is 2.20. The fraction of sp³-hybridized carbons (Fsp3) is 0.385. The third kappa shape index (κ3) is 3.52.